The second-order valence-corrected chi connectivity index (χ2v) is 5.38. The maximum absolute atomic E-state index is 5.76. The Labute approximate surface area is 127 Å². The molecule has 0 radical (unpaired) electrons. The van der Waals surface area contributed by atoms with E-state index in [9.17, 15) is 0 Å². The third-order valence-electron chi connectivity index (χ3n) is 2.81. The van der Waals surface area contributed by atoms with Crippen molar-refractivity contribution in [1.29, 1.82) is 0 Å². The minimum Gasteiger partial charge on any atom is -0.264 e. The molecule has 2 nitrogen and oxygen atoms in total. The molecule has 2 rings (SSSR count). The normalized spacial score (nSPS) is 15.6. The van der Waals surface area contributed by atoms with E-state index in [2.05, 4.69) is 60.9 Å². The van der Waals surface area contributed by atoms with Gasteiger partial charge in [0.1, 0.15) is 0 Å². The first-order valence-corrected chi connectivity index (χ1v) is 7.09. The fourth-order valence-corrected chi connectivity index (χ4v) is 2.63. The Morgan fingerprint density at radius 3 is 2.63 bits per heavy atom. The molecule has 0 unspecified atom stereocenters. The van der Waals surface area contributed by atoms with Crippen LogP contribution in [-0.4, -0.2) is 11.7 Å². The van der Waals surface area contributed by atoms with Crippen LogP contribution in [0.4, 0.5) is 0 Å². The van der Waals surface area contributed by atoms with E-state index in [1.54, 1.807) is 11.1 Å². The van der Waals surface area contributed by atoms with Crippen molar-refractivity contribution in [3.05, 3.63) is 76.1 Å². The second kappa shape index (κ2) is 6.21. The summed E-state index contributed by atoms with van der Waals surface area (Å²) in [6, 6.07) is 10.2. The Morgan fingerprint density at radius 1 is 1.32 bits per heavy atom. The van der Waals surface area contributed by atoms with Crippen LogP contribution in [0.3, 0.4) is 0 Å². The lowest BCUT2D eigenvalue weighted by atomic mass is 10.0. The molecule has 0 amide bonds. The molecule has 3 heteroatoms. The summed E-state index contributed by atoms with van der Waals surface area (Å²) in [5.41, 5.74) is 4.16. The van der Waals surface area contributed by atoms with E-state index in [0.29, 0.717) is 6.61 Å². The summed E-state index contributed by atoms with van der Waals surface area (Å²) in [5.74, 6) is 0. The fourth-order valence-electron chi connectivity index (χ4n) is 1.94. The number of nitrogens with zero attached hydrogens (tertiary/aromatic N) is 1. The van der Waals surface area contributed by atoms with Crippen molar-refractivity contribution in [3.63, 3.8) is 0 Å². The maximum Gasteiger partial charge on any atom is 0.0932 e. The van der Waals surface area contributed by atoms with Crippen LogP contribution in [0.15, 0.2) is 70.5 Å². The van der Waals surface area contributed by atoms with Crippen molar-refractivity contribution in [2.24, 2.45) is 0 Å². The Hall–Kier alpha value is -1.33. The van der Waals surface area contributed by atoms with Crippen LogP contribution in [-0.2, 0) is 4.84 Å². The van der Waals surface area contributed by atoms with E-state index >= 15 is 0 Å². The van der Waals surface area contributed by atoms with Gasteiger partial charge in [-0.2, -0.15) is 0 Å². The second-order valence-electron chi connectivity index (χ2n) is 4.22. The van der Waals surface area contributed by atoms with Crippen molar-refractivity contribution in [2.45, 2.75) is 6.92 Å². The number of hydroxylamine groups is 2. The lowest BCUT2D eigenvalue weighted by molar-refractivity contribution is -0.0643. The molecular formula is C16H16INO. The maximum atomic E-state index is 5.76. The van der Waals surface area contributed by atoms with Crippen LogP contribution in [0.1, 0.15) is 12.5 Å². The first-order valence-electron chi connectivity index (χ1n) is 6.02. The lowest BCUT2D eigenvalue weighted by Crippen LogP contribution is -2.25. The highest BCUT2D eigenvalue weighted by molar-refractivity contribution is 14.1. The number of allylic oxidation sites excluding steroid dienone is 3. The van der Waals surface area contributed by atoms with Crippen LogP contribution in [0.25, 0.3) is 5.70 Å². The summed E-state index contributed by atoms with van der Waals surface area (Å²) >= 11 is 2.27. The summed E-state index contributed by atoms with van der Waals surface area (Å²) in [6.45, 7) is 10.3. The predicted molar refractivity (Wildman–Crippen MR) is 88.3 cm³/mol. The molecule has 0 saturated carbocycles. The SMILES string of the molecule is C=CCON1C(=C)C(I)=CC(C)=C1c1ccccc1. The minimum atomic E-state index is 0.451. The first-order chi connectivity index (χ1) is 9.15. The van der Waals surface area contributed by atoms with Crippen molar-refractivity contribution in [2.75, 3.05) is 6.61 Å². The van der Waals surface area contributed by atoms with Gasteiger partial charge in [0.05, 0.1) is 18.0 Å². The molecule has 0 N–H and O–H groups in total. The summed E-state index contributed by atoms with van der Waals surface area (Å²) in [5, 5.41) is 1.80. The molecule has 98 valence electrons. The number of hydrogen-bond acceptors (Lipinski definition) is 2. The highest BCUT2D eigenvalue weighted by Gasteiger charge is 2.23. The molecule has 0 fully saturated rings. The molecular weight excluding hydrogens is 349 g/mol. The summed E-state index contributed by atoms with van der Waals surface area (Å²) < 4.78 is 1.08. The topological polar surface area (TPSA) is 12.5 Å². The van der Waals surface area contributed by atoms with Gasteiger partial charge < -0.3 is 0 Å². The average Bonchev–Trinajstić information content (AvgIpc) is 2.42. The molecule has 0 spiro atoms. The van der Waals surface area contributed by atoms with Gasteiger partial charge in [-0.05, 0) is 41.2 Å². The third kappa shape index (κ3) is 2.98. The van der Waals surface area contributed by atoms with Gasteiger partial charge >= 0.3 is 0 Å². The van der Waals surface area contributed by atoms with Gasteiger partial charge in [-0.15, -0.1) is 6.58 Å². The molecule has 1 aromatic rings. The van der Waals surface area contributed by atoms with E-state index in [1.165, 1.54) is 0 Å². The quantitative estimate of drug-likeness (QED) is 0.567. The Kier molecular flexibility index (Phi) is 4.61. The van der Waals surface area contributed by atoms with E-state index in [4.69, 9.17) is 4.84 Å². The predicted octanol–water partition coefficient (Wildman–Crippen LogP) is 4.68. The molecule has 0 bridgehead atoms. The number of benzene rings is 1. The van der Waals surface area contributed by atoms with E-state index < -0.39 is 0 Å². The zero-order valence-electron chi connectivity index (χ0n) is 10.9. The molecule has 1 heterocycles. The van der Waals surface area contributed by atoms with Crippen molar-refractivity contribution < 1.29 is 4.84 Å². The molecule has 0 aliphatic carbocycles. The average molecular weight is 365 g/mol. The van der Waals surface area contributed by atoms with Crippen LogP contribution in [0.5, 0.6) is 0 Å². The van der Waals surface area contributed by atoms with Crippen LogP contribution in [0, 0.1) is 0 Å². The molecule has 0 saturated heterocycles. The van der Waals surface area contributed by atoms with Gasteiger partial charge in [0.15, 0.2) is 0 Å². The highest BCUT2D eigenvalue weighted by atomic mass is 127. The zero-order chi connectivity index (χ0) is 13.8. The van der Waals surface area contributed by atoms with Crippen molar-refractivity contribution in [1.82, 2.24) is 5.06 Å². The summed E-state index contributed by atoms with van der Waals surface area (Å²) in [4.78, 5) is 5.76. The van der Waals surface area contributed by atoms with Gasteiger partial charge in [0, 0.05) is 9.14 Å². The molecule has 1 aliphatic rings. The lowest BCUT2D eigenvalue weighted by Gasteiger charge is -2.32. The van der Waals surface area contributed by atoms with Crippen LogP contribution in [0.2, 0.25) is 0 Å². The molecule has 0 atom stereocenters. The largest absolute Gasteiger partial charge is 0.264 e. The van der Waals surface area contributed by atoms with Gasteiger partial charge in [0.25, 0.3) is 0 Å². The van der Waals surface area contributed by atoms with E-state index in [-0.39, 0.29) is 0 Å². The third-order valence-corrected chi connectivity index (χ3v) is 3.74. The monoisotopic (exact) mass is 365 g/mol. The van der Waals surface area contributed by atoms with Gasteiger partial charge in [-0.25, -0.2) is 5.06 Å². The molecule has 1 aliphatic heterocycles. The van der Waals surface area contributed by atoms with Crippen LogP contribution >= 0.6 is 22.6 Å². The van der Waals surface area contributed by atoms with Crippen molar-refractivity contribution in [3.8, 4) is 0 Å². The Morgan fingerprint density at radius 2 is 2.00 bits per heavy atom. The smallest absolute Gasteiger partial charge is 0.0932 e. The summed E-state index contributed by atoms with van der Waals surface area (Å²) in [7, 11) is 0. The Balaban J connectivity index is 2.47. The highest BCUT2D eigenvalue weighted by Crippen LogP contribution is 2.37. The van der Waals surface area contributed by atoms with Gasteiger partial charge in [0.2, 0.25) is 0 Å². The molecule has 0 aromatic heterocycles. The van der Waals surface area contributed by atoms with E-state index in [0.717, 1.165) is 26.1 Å². The molecule has 1 aromatic carbocycles. The number of hydrogen-bond donors (Lipinski definition) is 0. The fraction of sp³-hybridized carbons (Fsp3) is 0.125. The van der Waals surface area contributed by atoms with Gasteiger partial charge in [-0.1, -0.05) is 43.0 Å². The minimum absolute atomic E-state index is 0.451. The zero-order valence-corrected chi connectivity index (χ0v) is 13.1. The number of halogens is 1. The molecule has 19 heavy (non-hydrogen) atoms. The summed E-state index contributed by atoms with van der Waals surface area (Å²) in [6.07, 6.45) is 3.86. The van der Waals surface area contributed by atoms with Gasteiger partial charge in [-0.3, -0.25) is 4.84 Å². The standard InChI is InChI=1S/C16H16INO/c1-4-10-19-18-13(3)15(17)11-12(2)16(18)14-8-6-5-7-9-14/h4-9,11H,1,3,10H2,2H3. The Bertz CT molecular complexity index is 557. The number of rotatable bonds is 4. The van der Waals surface area contributed by atoms with E-state index in [1.807, 2.05) is 18.2 Å². The van der Waals surface area contributed by atoms with Crippen molar-refractivity contribution >= 4 is 28.3 Å². The first kappa shape index (κ1) is 14.1. The van der Waals surface area contributed by atoms with Crippen LogP contribution < -0.4 is 0 Å².